The van der Waals surface area contributed by atoms with Gasteiger partial charge in [0.05, 0.1) is 6.10 Å². The van der Waals surface area contributed by atoms with E-state index in [2.05, 4.69) is 56.5 Å². The van der Waals surface area contributed by atoms with Crippen LogP contribution < -0.4 is 0 Å². The summed E-state index contributed by atoms with van der Waals surface area (Å²) in [5.74, 6) is 0.754. The average Bonchev–Trinajstić information content (AvgIpc) is 3.60. The molecule has 0 amide bonds. The van der Waals surface area contributed by atoms with Gasteiger partial charge in [0.25, 0.3) is 0 Å². The van der Waals surface area contributed by atoms with Crippen molar-refractivity contribution in [2.24, 2.45) is 5.92 Å². The smallest absolute Gasteiger partial charge is 0.135 e. The minimum atomic E-state index is 0.375. The van der Waals surface area contributed by atoms with E-state index in [9.17, 15) is 0 Å². The minimum Gasteiger partial charge on any atom is -0.377 e. The predicted octanol–water partition coefficient (Wildman–Crippen LogP) is 4.08. The number of ether oxygens (including phenoxy) is 1. The fraction of sp³-hybridized carbons (Fsp3) is 0.556. The lowest BCUT2D eigenvalue weighted by molar-refractivity contribution is 0.0542. The molecular weight excluding hydrogens is 412 g/mol. The molecule has 3 aliphatic rings. The lowest BCUT2D eigenvalue weighted by Crippen LogP contribution is -2.44. The normalized spacial score (nSPS) is 22.5. The molecule has 2 saturated heterocycles. The summed E-state index contributed by atoms with van der Waals surface area (Å²) in [6, 6.07) is 16.0. The van der Waals surface area contributed by atoms with Crippen molar-refractivity contribution in [3.05, 3.63) is 59.2 Å². The number of nitrogens with zero attached hydrogens (tertiary/aromatic N) is 4. The SMILES string of the molecule is c1ccc2c(c1)CC(N1CCC(CN(Cc3ccc4nonc4c3)CC3CCCO3)CC1)C2. The van der Waals surface area contributed by atoms with Crippen molar-refractivity contribution in [3.63, 3.8) is 0 Å². The third-order valence-corrected chi connectivity index (χ3v) is 7.92. The van der Waals surface area contributed by atoms with Gasteiger partial charge in [-0.15, -0.1) is 0 Å². The second kappa shape index (κ2) is 9.53. The molecule has 6 nitrogen and oxygen atoms in total. The Hall–Kier alpha value is -2.28. The van der Waals surface area contributed by atoms with E-state index in [1.54, 1.807) is 11.1 Å². The van der Waals surface area contributed by atoms with Crippen molar-refractivity contribution < 1.29 is 9.37 Å². The number of hydrogen-bond donors (Lipinski definition) is 0. The first-order valence-corrected chi connectivity index (χ1v) is 12.7. The van der Waals surface area contributed by atoms with Crippen LogP contribution >= 0.6 is 0 Å². The van der Waals surface area contributed by atoms with Gasteiger partial charge in [0, 0.05) is 32.3 Å². The van der Waals surface area contributed by atoms with E-state index in [1.165, 1.54) is 57.2 Å². The predicted molar refractivity (Wildman–Crippen MR) is 128 cm³/mol. The van der Waals surface area contributed by atoms with E-state index >= 15 is 0 Å². The van der Waals surface area contributed by atoms with Gasteiger partial charge < -0.3 is 4.74 Å². The van der Waals surface area contributed by atoms with E-state index in [1.807, 2.05) is 6.07 Å². The van der Waals surface area contributed by atoms with Gasteiger partial charge in [0.1, 0.15) is 11.0 Å². The zero-order valence-electron chi connectivity index (χ0n) is 19.4. The highest BCUT2D eigenvalue weighted by atomic mass is 16.6. The van der Waals surface area contributed by atoms with Gasteiger partial charge in [-0.05, 0) is 96.7 Å². The van der Waals surface area contributed by atoms with Crippen LogP contribution in [0.4, 0.5) is 0 Å². The molecule has 6 heteroatoms. The summed E-state index contributed by atoms with van der Waals surface area (Å²) >= 11 is 0. The van der Waals surface area contributed by atoms with Crippen LogP contribution in [0.15, 0.2) is 47.1 Å². The molecule has 3 aromatic rings. The number of aromatic nitrogens is 2. The molecule has 0 bridgehead atoms. The Balaban J connectivity index is 1.07. The number of hydrogen-bond acceptors (Lipinski definition) is 6. The molecule has 6 rings (SSSR count). The molecule has 0 radical (unpaired) electrons. The number of benzene rings is 2. The number of piperidine rings is 1. The van der Waals surface area contributed by atoms with Crippen molar-refractivity contribution in [1.82, 2.24) is 20.1 Å². The van der Waals surface area contributed by atoms with Gasteiger partial charge in [-0.1, -0.05) is 30.3 Å². The summed E-state index contributed by atoms with van der Waals surface area (Å²) in [5.41, 5.74) is 6.07. The van der Waals surface area contributed by atoms with Crippen molar-refractivity contribution in [1.29, 1.82) is 0 Å². The van der Waals surface area contributed by atoms with Gasteiger partial charge in [-0.2, -0.15) is 0 Å². The molecule has 0 saturated carbocycles. The van der Waals surface area contributed by atoms with Gasteiger partial charge in [0.2, 0.25) is 0 Å². The van der Waals surface area contributed by atoms with Crippen molar-refractivity contribution in [2.45, 2.75) is 57.2 Å². The highest BCUT2D eigenvalue weighted by molar-refractivity contribution is 5.73. The number of fused-ring (bicyclic) bond motifs is 2. The molecule has 174 valence electrons. The first-order valence-electron chi connectivity index (χ1n) is 12.7. The van der Waals surface area contributed by atoms with Crippen LogP contribution in [0.5, 0.6) is 0 Å². The van der Waals surface area contributed by atoms with Crippen LogP contribution in [0.1, 0.15) is 42.4 Å². The van der Waals surface area contributed by atoms with Crippen LogP contribution in [0.25, 0.3) is 11.0 Å². The fourth-order valence-electron chi connectivity index (χ4n) is 6.12. The van der Waals surface area contributed by atoms with Crippen LogP contribution in [-0.4, -0.2) is 65.0 Å². The summed E-state index contributed by atoms with van der Waals surface area (Å²) < 4.78 is 10.9. The molecule has 1 atom stereocenters. The third-order valence-electron chi connectivity index (χ3n) is 7.92. The molecule has 33 heavy (non-hydrogen) atoms. The van der Waals surface area contributed by atoms with Gasteiger partial charge >= 0.3 is 0 Å². The van der Waals surface area contributed by atoms with E-state index in [0.717, 1.165) is 43.2 Å². The van der Waals surface area contributed by atoms with E-state index in [-0.39, 0.29) is 0 Å². The van der Waals surface area contributed by atoms with Crippen molar-refractivity contribution >= 4 is 11.0 Å². The molecule has 2 fully saturated rings. The van der Waals surface area contributed by atoms with Gasteiger partial charge in [-0.25, -0.2) is 4.63 Å². The van der Waals surface area contributed by atoms with E-state index < -0.39 is 0 Å². The van der Waals surface area contributed by atoms with Crippen LogP contribution in [0.3, 0.4) is 0 Å². The molecule has 3 heterocycles. The van der Waals surface area contributed by atoms with Crippen LogP contribution in [0, 0.1) is 5.92 Å². The lowest BCUT2D eigenvalue weighted by Gasteiger charge is -2.38. The van der Waals surface area contributed by atoms with Gasteiger partial charge in [0.15, 0.2) is 0 Å². The van der Waals surface area contributed by atoms with Gasteiger partial charge in [-0.3, -0.25) is 9.80 Å². The molecule has 0 N–H and O–H groups in total. The topological polar surface area (TPSA) is 54.6 Å². The standard InChI is InChI=1S/C27H34N4O2/c1-2-5-23-16-24(15-22(23)4-1)31-11-9-20(10-12-31)17-30(19-25-6-3-13-32-25)18-21-7-8-26-27(14-21)29-33-28-26/h1-2,4-5,7-8,14,20,24-25H,3,6,9-13,15-19H2. The summed E-state index contributed by atoms with van der Waals surface area (Å²) in [5, 5.41) is 7.98. The lowest BCUT2D eigenvalue weighted by atomic mass is 9.94. The Labute approximate surface area is 195 Å². The highest BCUT2D eigenvalue weighted by Crippen LogP contribution is 2.29. The fourth-order valence-corrected chi connectivity index (χ4v) is 6.12. The first-order chi connectivity index (χ1) is 16.3. The Bertz CT molecular complexity index is 1040. The zero-order chi connectivity index (χ0) is 22.0. The third kappa shape index (κ3) is 4.84. The molecule has 1 aliphatic carbocycles. The largest absolute Gasteiger partial charge is 0.377 e. The van der Waals surface area contributed by atoms with E-state index in [4.69, 9.17) is 9.37 Å². The highest BCUT2D eigenvalue weighted by Gasteiger charge is 2.31. The maximum Gasteiger partial charge on any atom is 0.135 e. The Morgan fingerprint density at radius 2 is 1.70 bits per heavy atom. The maximum absolute atomic E-state index is 6.00. The molecular formula is C27H34N4O2. The summed E-state index contributed by atoms with van der Waals surface area (Å²) in [7, 11) is 0. The molecule has 2 aliphatic heterocycles. The second-order valence-electron chi connectivity index (χ2n) is 10.2. The quantitative estimate of drug-likeness (QED) is 0.545. The Morgan fingerprint density at radius 1 is 0.909 bits per heavy atom. The summed E-state index contributed by atoms with van der Waals surface area (Å²) in [6.07, 6.45) is 7.79. The van der Waals surface area contributed by atoms with Crippen molar-refractivity contribution in [3.8, 4) is 0 Å². The minimum absolute atomic E-state index is 0.375. The Kier molecular flexibility index (Phi) is 6.14. The molecule has 1 aromatic heterocycles. The van der Waals surface area contributed by atoms with Crippen molar-refractivity contribution in [2.75, 3.05) is 32.8 Å². The average molecular weight is 447 g/mol. The van der Waals surface area contributed by atoms with Crippen LogP contribution in [0.2, 0.25) is 0 Å². The molecule has 0 spiro atoms. The monoisotopic (exact) mass is 446 g/mol. The molecule has 1 unspecified atom stereocenters. The number of likely N-dealkylation sites (tertiary alicyclic amines) is 1. The molecule has 2 aromatic carbocycles. The van der Waals surface area contributed by atoms with Crippen LogP contribution in [-0.2, 0) is 24.1 Å². The Morgan fingerprint density at radius 3 is 2.45 bits per heavy atom. The first kappa shape index (κ1) is 21.3. The maximum atomic E-state index is 6.00. The second-order valence-corrected chi connectivity index (χ2v) is 10.2. The van der Waals surface area contributed by atoms with E-state index in [0.29, 0.717) is 12.1 Å². The summed E-state index contributed by atoms with van der Waals surface area (Å²) in [6.45, 7) is 6.47. The number of rotatable bonds is 7. The summed E-state index contributed by atoms with van der Waals surface area (Å²) in [4.78, 5) is 5.38. The zero-order valence-corrected chi connectivity index (χ0v) is 19.4.